The van der Waals surface area contributed by atoms with Crippen molar-refractivity contribution in [3.05, 3.63) is 59.4 Å². The van der Waals surface area contributed by atoms with Gasteiger partial charge in [-0.1, -0.05) is 0 Å². The van der Waals surface area contributed by atoms with Gasteiger partial charge < -0.3 is 10.2 Å². The molecule has 0 saturated carbocycles. The number of carbonyl (C=O) groups excluding carboxylic acids is 2. The summed E-state index contributed by atoms with van der Waals surface area (Å²) in [6, 6.07) is 4.06. The number of hydrogen-bond acceptors (Lipinski definition) is 2. The fourth-order valence-corrected chi connectivity index (χ4v) is 2.20. The van der Waals surface area contributed by atoms with Gasteiger partial charge in [0.2, 0.25) is 11.8 Å². The zero-order valence-corrected chi connectivity index (χ0v) is 13.5. The molecule has 2 rings (SSSR count). The smallest absolute Gasteiger partial charge is 0.226 e. The van der Waals surface area contributed by atoms with Gasteiger partial charge in [0.05, 0.1) is 11.4 Å². The first-order chi connectivity index (χ1) is 12.2. The number of hydrogen-bond donors (Lipinski definition) is 1. The molecule has 0 aliphatic rings. The standard InChI is InChI=1S/C17H13F5N2O2/c1-9(25)24(14-5-2-10(18)8-12(14)20)7-6-15(26)23-13-4-3-11(19)16(21)17(13)22/h2-5,8H,6-7H2,1H3,(H,23,26). The maximum atomic E-state index is 13.8. The molecule has 2 aromatic rings. The number of rotatable bonds is 5. The summed E-state index contributed by atoms with van der Waals surface area (Å²) >= 11 is 0. The molecule has 4 nitrogen and oxygen atoms in total. The van der Waals surface area contributed by atoms with Gasteiger partial charge in [-0.2, -0.15) is 0 Å². The average molecular weight is 372 g/mol. The van der Waals surface area contributed by atoms with Gasteiger partial charge in [-0.05, 0) is 24.3 Å². The van der Waals surface area contributed by atoms with Gasteiger partial charge in [0.1, 0.15) is 11.6 Å². The van der Waals surface area contributed by atoms with Crippen molar-refractivity contribution in [3.8, 4) is 0 Å². The first kappa shape index (κ1) is 19.4. The number of benzene rings is 2. The van der Waals surface area contributed by atoms with Crippen molar-refractivity contribution in [2.75, 3.05) is 16.8 Å². The molecule has 0 atom stereocenters. The van der Waals surface area contributed by atoms with Crippen LogP contribution in [0, 0.1) is 29.1 Å². The first-order valence-electron chi connectivity index (χ1n) is 7.37. The minimum atomic E-state index is -1.73. The van der Waals surface area contributed by atoms with Crippen molar-refractivity contribution >= 4 is 23.2 Å². The molecule has 0 bridgehead atoms. The van der Waals surface area contributed by atoms with Crippen molar-refractivity contribution in [1.82, 2.24) is 0 Å². The van der Waals surface area contributed by atoms with Gasteiger partial charge in [-0.15, -0.1) is 0 Å². The molecule has 0 unspecified atom stereocenters. The Kier molecular flexibility index (Phi) is 5.91. The SMILES string of the molecule is CC(=O)N(CCC(=O)Nc1ccc(F)c(F)c1F)c1ccc(F)cc1F. The predicted octanol–water partition coefficient (Wildman–Crippen LogP) is 3.76. The Morgan fingerprint density at radius 3 is 2.27 bits per heavy atom. The number of anilines is 2. The second kappa shape index (κ2) is 7.94. The van der Waals surface area contributed by atoms with E-state index in [-0.39, 0.29) is 12.2 Å². The molecule has 0 aliphatic heterocycles. The molecule has 1 N–H and O–H groups in total. The van der Waals surface area contributed by atoms with Crippen LogP contribution in [0.3, 0.4) is 0 Å². The maximum absolute atomic E-state index is 13.8. The number of nitrogens with zero attached hydrogens (tertiary/aromatic N) is 1. The number of nitrogens with one attached hydrogen (secondary N) is 1. The summed E-state index contributed by atoms with van der Waals surface area (Å²) in [7, 11) is 0. The summed E-state index contributed by atoms with van der Waals surface area (Å²) in [5.74, 6) is -7.96. The summed E-state index contributed by atoms with van der Waals surface area (Å²) in [5, 5.41) is 2.04. The molecule has 2 amide bonds. The van der Waals surface area contributed by atoms with Crippen LogP contribution < -0.4 is 10.2 Å². The fourth-order valence-electron chi connectivity index (χ4n) is 2.20. The van der Waals surface area contributed by atoms with E-state index in [1.165, 1.54) is 0 Å². The minimum absolute atomic E-state index is 0.231. The average Bonchev–Trinajstić information content (AvgIpc) is 2.57. The minimum Gasteiger partial charge on any atom is -0.323 e. The highest BCUT2D eigenvalue weighted by atomic mass is 19.2. The fraction of sp³-hybridized carbons (Fsp3) is 0.176. The molecule has 138 valence electrons. The van der Waals surface area contributed by atoms with E-state index in [4.69, 9.17) is 0 Å². The lowest BCUT2D eigenvalue weighted by molar-refractivity contribution is -0.117. The molecule has 0 heterocycles. The van der Waals surface area contributed by atoms with E-state index in [2.05, 4.69) is 0 Å². The zero-order chi connectivity index (χ0) is 19.4. The van der Waals surface area contributed by atoms with Crippen LogP contribution in [0.25, 0.3) is 0 Å². The normalized spacial score (nSPS) is 10.5. The van der Waals surface area contributed by atoms with E-state index in [0.29, 0.717) is 12.1 Å². The molecule has 0 saturated heterocycles. The summed E-state index contributed by atoms with van der Waals surface area (Å²) < 4.78 is 66.3. The van der Waals surface area contributed by atoms with Crippen molar-refractivity contribution in [2.24, 2.45) is 0 Å². The highest BCUT2D eigenvalue weighted by Gasteiger charge is 2.19. The third-order valence-electron chi connectivity index (χ3n) is 3.45. The number of halogens is 5. The van der Waals surface area contributed by atoms with Crippen molar-refractivity contribution in [3.63, 3.8) is 0 Å². The topological polar surface area (TPSA) is 49.4 Å². The second-order valence-corrected chi connectivity index (χ2v) is 5.29. The van der Waals surface area contributed by atoms with Crippen LogP contribution in [-0.2, 0) is 9.59 Å². The molecular weight excluding hydrogens is 359 g/mol. The Balaban J connectivity index is 2.09. The van der Waals surface area contributed by atoms with Gasteiger partial charge in [0.15, 0.2) is 17.5 Å². The predicted molar refractivity (Wildman–Crippen MR) is 83.9 cm³/mol. The van der Waals surface area contributed by atoms with E-state index in [0.717, 1.165) is 30.0 Å². The largest absolute Gasteiger partial charge is 0.323 e. The quantitative estimate of drug-likeness (QED) is 0.642. The van der Waals surface area contributed by atoms with Gasteiger partial charge in [0.25, 0.3) is 0 Å². The lowest BCUT2D eigenvalue weighted by Crippen LogP contribution is -2.32. The zero-order valence-electron chi connectivity index (χ0n) is 13.5. The Hall–Kier alpha value is -2.97. The van der Waals surface area contributed by atoms with Gasteiger partial charge >= 0.3 is 0 Å². The van der Waals surface area contributed by atoms with Crippen LogP contribution in [0.4, 0.5) is 33.3 Å². The highest BCUT2D eigenvalue weighted by Crippen LogP contribution is 2.22. The van der Waals surface area contributed by atoms with E-state index >= 15 is 0 Å². The van der Waals surface area contributed by atoms with E-state index in [1.807, 2.05) is 5.32 Å². The lowest BCUT2D eigenvalue weighted by atomic mass is 10.2. The molecule has 0 aromatic heterocycles. The van der Waals surface area contributed by atoms with Crippen molar-refractivity contribution in [2.45, 2.75) is 13.3 Å². The van der Waals surface area contributed by atoms with Crippen molar-refractivity contribution in [1.29, 1.82) is 0 Å². The van der Waals surface area contributed by atoms with Gasteiger partial charge in [0, 0.05) is 26.0 Å². The lowest BCUT2D eigenvalue weighted by Gasteiger charge is -2.21. The number of amides is 2. The summed E-state index contributed by atoms with van der Waals surface area (Å²) in [6.45, 7) is 0.824. The van der Waals surface area contributed by atoms with Crippen LogP contribution in [0.2, 0.25) is 0 Å². The van der Waals surface area contributed by atoms with Crippen molar-refractivity contribution < 1.29 is 31.5 Å². The number of carbonyl (C=O) groups is 2. The van der Waals surface area contributed by atoms with Crippen LogP contribution in [0.1, 0.15) is 13.3 Å². The third kappa shape index (κ3) is 4.35. The molecule has 0 aliphatic carbocycles. The van der Waals surface area contributed by atoms with Crippen LogP contribution in [0.15, 0.2) is 30.3 Å². The molecular formula is C17H13F5N2O2. The maximum Gasteiger partial charge on any atom is 0.226 e. The third-order valence-corrected chi connectivity index (χ3v) is 3.45. The van der Waals surface area contributed by atoms with Crippen LogP contribution in [0.5, 0.6) is 0 Å². The van der Waals surface area contributed by atoms with Gasteiger partial charge in [-0.3, -0.25) is 9.59 Å². The van der Waals surface area contributed by atoms with Crippen LogP contribution in [-0.4, -0.2) is 18.4 Å². The van der Waals surface area contributed by atoms with Gasteiger partial charge in [-0.25, -0.2) is 22.0 Å². The van der Waals surface area contributed by atoms with E-state index in [1.54, 1.807) is 0 Å². The van der Waals surface area contributed by atoms with E-state index in [9.17, 15) is 31.5 Å². The highest BCUT2D eigenvalue weighted by molar-refractivity contribution is 5.94. The Labute approximate surface area is 145 Å². The molecule has 2 aromatic carbocycles. The first-order valence-corrected chi connectivity index (χ1v) is 7.37. The summed E-state index contributed by atoms with van der Waals surface area (Å²) in [6.07, 6.45) is -0.394. The molecule has 0 radical (unpaired) electrons. The Bertz CT molecular complexity index is 857. The molecule has 9 heteroatoms. The summed E-state index contributed by atoms with van der Waals surface area (Å²) in [4.78, 5) is 24.4. The summed E-state index contributed by atoms with van der Waals surface area (Å²) in [5.41, 5.74) is -0.804. The Morgan fingerprint density at radius 1 is 0.962 bits per heavy atom. The molecule has 0 fully saturated rings. The van der Waals surface area contributed by atoms with Crippen LogP contribution >= 0.6 is 0 Å². The Morgan fingerprint density at radius 2 is 1.65 bits per heavy atom. The molecule has 26 heavy (non-hydrogen) atoms. The second-order valence-electron chi connectivity index (χ2n) is 5.29. The van der Waals surface area contributed by atoms with E-state index < -0.39 is 53.0 Å². The molecule has 0 spiro atoms. The monoisotopic (exact) mass is 372 g/mol.